The summed E-state index contributed by atoms with van der Waals surface area (Å²) in [6.45, 7) is 4.34. The second-order valence-electron chi connectivity index (χ2n) is 4.33. The molecule has 0 saturated carbocycles. The van der Waals surface area contributed by atoms with Crippen LogP contribution in [0.25, 0.3) is 10.6 Å². The normalized spacial score (nSPS) is 10.9. The van der Waals surface area contributed by atoms with Gasteiger partial charge in [0.15, 0.2) is 0 Å². The molecule has 2 heterocycles. The number of aromatic nitrogens is 2. The van der Waals surface area contributed by atoms with Crippen molar-refractivity contribution in [1.29, 1.82) is 0 Å². The highest BCUT2D eigenvalue weighted by atomic mass is 32.1. The van der Waals surface area contributed by atoms with Crippen molar-refractivity contribution in [2.75, 3.05) is 20.3 Å². The maximum absolute atomic E-state index is 12.3. The van der Waals surface area contributed by atoms with Gasteiger partial charge >= 0.3 is 0 Å². The quantitative estimate of drug-likeness (QED) is 0.844. The molecule has 0 aliphatic heterocycles. The molecule has 6 heteroatoms. The van der Waals surface area contributed by atoms with E-state index in [2.05, 4.69) is 10.4 Å². The van der Waals surface area contributed by atoms with Crippen LogP contribution in [0.2, 0.25) is 0 Å². The van der Waals surface area contributed by atoms with Gasteiger partial charge in [0.1, 0.15) is 5.69 Å². The van der Waals surface area contributed by atoms with Gasteiger partial charge in [-0.1, -0.05) is 13.0 Å². The Balaban J connectivity index is 2.39. The van der Waals surface area contributed by atoms with E-state index in [1.807, 2.05) is 30.5 Å². The number of rotatable bonds is 7. The zero-order chi connectivity index (χ0) is 14.4. The molecule has 20 heavy (non-hydrogen) atoms. The highest BCUT2D eigenvalue weighted by molar-refractivity contribution is 7.13. The topological polar surface area (TPSA) is 56.1 Å². The fourth-order valence-electron chi connectivity index (χ4n) is 1.86. The van der Waals surface area contributed by atoms with Gasteiger partial charge in [-0.2, -0.15) is 5.10 Å². The minimum atomic E-state index is -0.0525. The second kappa shape index (κ2) is 7.33. The van der Waals surface area contributed by atoms with Crippen LogP contribution >= 0.6 is 11.3 Å². The number of hydrogen-bond acceptors (Lipinski definition) is 5. The Kier molecular flexibility index (Phi) is 5.46. The number of nitrogens with one attached hydrogen (secondary N) is 1. The van der Waals surface area contributed by atoms with Crippen molar-refractivity contribution in [3.8, 4) is 10.6 Å². The lowest BCUT2D eigenvalue weighted by Gasteiger charge is -2.10. The van der Waals surface area contributed by atoms with Crippen molar-refractivity contribution in [3.05, 3.63) is 39.5 Å². The van der Waals surface area contributed by atoms with Gasteiger partial charge in [0, 0.05) is 19.2 Å². The first kappa shape index (κ1) is 14.9. The van der Waals surface area contributed by atoms with E-state index >= 15 is 0 Å². The Morgan fingerprint density at radius 1 is 1.50 bits per heavy atom. The van der Waals surface area contributed by atoms with Crippen LogP contribution in [0.3, 0.4) is 0 Å². The van der Waals surface area contributed by atoms with E-state index in [1.165, 1.54) is 4.68 Å². The standard InChI is InChI=1S/C14H19N3O2S/c1-3-15-10-11-9-12(13-5-4-8-20-13)16-17(14(11)18)6-7-19-2/h4-5,8-9,15H,3,6-7,10H2,1-2H3. The summed E-state index contributed by atoms with van der Waals surface area (Å²) >= 11 is 1.62. The van der Waals surface area contributed by atoms with Crippen molar-refractivity contribution >= 4 is 11.3 Å². The summed E-state index contributed by atoms with van der Waals surface area (Å²) in [5.41, 5.74) is 1.52. The van der Waals surface area contributed by atoms with Crippen molar-refractivity contribution in [2.45, 2.75) is 20.0 Å². The van der Waals surface area contributed by atoms with Crippen molar-refractivity contribution < 1.29 is 4.74 Å². The lowest BCUT2D eigenvalue weighted by Crippen LogP contribution is -2.30. The lowest BCUT2D eigenvalue weighted by molar-refractivity contribution is 0.182. The van der Waals surface area contributed by atoms with Gasteiger partial charge in [-0.15, -0.1) is 11.3 Å². The third-order valence-electron chi connectivity index (χ3n) is 2.89. The van der Waals surface area contributed by atoms with Gasteiger partial charge in [0.2, 0.25) is 0 Å². The van der Waals surface area contributed by atoms with Crippen molar-refractivity contribution in [3.63, 3.8) is 0 Å². The van der Waals surface area contributed by atoms with Crippen LogP contribution < -0.4 is 10.9 Å². The van der Waals surface area contributed by atoms with Crippen LogP contribution in [-0.4, -0.2) is 30.0 Å². The van der Waals surface area contributed by atoms with Gasteiger partial charge in [-0.05, 0) is 24.1 Å². The maximum Gasteiger partial charge on any atom is 0.271 e. The Hall–Kier alpha value is -1.50. The van der Waals surface area contributed by atoms with E-state index in [0.717, 1.165) is 22.7 Å². The number of ether oxygens (including phenoxy) is 1. The van der Waals surface area contributed by atoms with Crippen LogP contribution in [0.1, 0.15) is 12.5 Å². The van der Waals surface area contributed by atoms with E-state index in [4.69, 9.17) is 4.74 Å². The summed E-state index contributed by atoms with van der Waals surface area (Å²) in [4.78, 5) is 13.4. The monoisotopic (exact) mass is 293 g/mol. The Labute approximate surface area is 122 Å². The molecular weight excluding hydrogens is 274 g/mol. The van der Waals surface area contributed by atoms with E-state index in [1.54, 1.807) is 18.4 Å². The van der Waals surface area contributed by atoms with Crippen LogP contribution in [0.15, 0.2) is 28.4 Å². The molecule has 0 spiro atoms. The van der Waals surface area contributed by atoms with E-state index in [0.29, 0.717) is 19.7 Å². The molecule has 0 unspecified atom stereocenters. The van der Waals surface area contributed by atoms with Gasteiger partial charge in [-0.3, -0.25) is 4.79 Å². The molecule has 2 rings (SSSR count). The third-order valence-corrected chi connectivity index (χ3v) is 3.79. The average molecular weight is 293 g/mol. The number of nitrogens with zero attached hydrogens (tertiary/aromatic N) is 2. The summed E-state index contributed by atoms with van der Waals surface area (Å²) in [6, 6.07) is 5.87. The summed E-state index contributed by atoms with van der Waals surface area (Å²) < 4.78 is 6.53. The molecule has 1 N–H and O–H groups in total. The van der Waals surface area contributed by atoms with Crippen molar-refractivity contribution in [2.24, 2.45) is 0 Å². The molecule has 0 radical (unpaired) electrons. The predicted molar refractivity (Wildman–Crippen MR) is 81.1 cm³/mol. The number of thiophene rings is 1. The summed E-state index contributed by atoms with van der Waals surface area (Å²) in [5.74, 6) is 0. The molecule has 0 aliphatic carbocycles. The van der Waals surface area contributed by atoms with Gasteiger partial charge in [0.05, 0.1) is 18.0 Å². The number of methoxy groups -OCH3 is 1. The van der Waals surface area contributed by atoms with E-state index in [9.17, 15) is 4.79 Å². The molecule has 0 bridgehead atoms. The second-order valence-corrected chi connectivity index (χ2v) is 5.28. The first-order chi connectivity index (χ1) is 9.76. The van der Waals surface area contributed by atoms with Gasteiger partial charge in [0.25, 0.3) is 5.56 Å². The maximum atomic E-state index is 12.3. The zero-order valence-corrected chi connectivity index (χ0v) is 12.6. The van der Waals surface area contributed by atoms with Crippen molar-refractivity contribution in [1.82, 2.24) is 15.1 Å². The van der Waals surface area contributed by atoms with E-state index in [-0.39, 0.29) is 5.56 Å². The summed E-state index contributed by atoms with van der Waals surface area (Å²) in [7, 11) is 1.62. The number of hydrogen-bond donors (Lipinski definition) is 1. The third kappa shape index (κ3) is 3.53. The Bertz CT molecular complexity index is 561. The molecule has 0 atom stereocenters. The fraction of sp³-hybridized carbons (Fsp3) is 0.429. The first-order valence-corrected chi connectivity index (χ1v) is 7.48. The minimum Gasteiger partial charge on any atom is -0.383 e. The Morgan fingerprint density at radius 3 is 3.00 bits per heavy atom. The molecule has 108 valence electrons. The summed E-state index contributed by atoms with van der Waals surface area (Å²) in [5, 5.41) is 9.63. The molecule has 0 fully saturated rings. The molecular formula is C14H19N3O2S. The molecule has 0 aromatic carbocycles. The van der Waals surface area contributed by atoms with E-state index < -0.39 is 0 Å². The van der Waals surface area contributed by atoms with Crippen LogP contribution in [0.5, 0.6) is 0 Å². The molecule has 0 saturated heterocycles. The molecule has 2 aromatic rings. The highest BCUT2D eigenvalue weighted by Gasteiger charge is 2.10. The lowest BCUT2D eigenvalue weighted by atomic mass is 10.2. The average Bonchev–Trinajstić information content (AvgIpc) is 2.99. The van der Waals surface area contributed by atoms with Crippen LogP contribution in [0, 0.1) is 0 Å². The van der Waals surface area contributed by atoms with Crippen LogP contribution in [-0.2, 0) is 17.8 Å². The fourth-order valence-corrected chi connectivity index (χ4v) is 2.54. The van der Waals surface area contributed by atoms with Gasteiger partial charge < -0.3 is 10.1 Å². The Morgan fingerprint density at radius 2 is 2.35 bits per heavy atom. The SMILES string of the molecule is CCNCc1cc(-c2cccs2)nn(CCOC)c1=O. The predicted octanol–water partition coefficient (Wildman–Crippen LogP) is 1.73. The molecule has 0 aliphatic rings. The molecule has 2 aromatic heterocycles. The summed E-state index contributed by atoms with van der Waals surface area (Å²) in [6.07, 6.45) is 0. The molecule has 0 amide bonds. The van der Waals surface area contributed by atoms with Crippen LogP contribution in [0.4, 0.5) is 0 Å². The zero-order valence-electron chi connectivity index (χ0n) is 11.8. The van der Waals surface area contributed by atoms with Gasteiger partial charge in [-0.25, -0.2) is 4.68 Å². The first-order valence-electron chi connectivity index (χ1n) is 6.60. The minimum absolute atomic E-state index is 0.0525. The largest absolute Gasteiger partial charge is 0.383 e. The molecule has 5 nitrogen and oxygen atoms in total. The smallest absolute Gasteiger partial charge is 0.271 e. The highest BCUT2D eigenvalue weighted by Crippen LogP contribution is 2.22.